The van der Waals surface area contributed by atoms with Gasteiger partial charge in [-0.3, -0.25) is 9.59 Å². The van der Waals surface area contributed by atoms with E-state index in [1.807, 2.05) is 23.8 Å². The number of nitrogens with zero attached hydrogens (tertiary/aromatic N) is 3. The lowest BCUT2D eigenvalue weighted by Gasteiger charge is -2.39. The van der Waals surface area contributed by atoms with Gasteiger partial charge in [-0.2, -0.15) is 13.2 Å². The number of likely N-dealkylation sites (N-methyl/N-ethyl adjacent to an activating group) is 1. The first-order valence-electron chi connectivity index (χ1n) is 13.4. The van der Waals surface area contributed by atoms with Crippen LogP contribution in [0, 0.1) is 11.6 Å². The minimum absolute atomic E-state index is 0.0406. The number of hydrogen-bond acceptors (Lipinski definition) is 6. The molecule has 2 fully saturated rings. The second-order valence-electron chi connectivity index (χ2n) is 10.5. The number of hydrogen-bond donors (Lipinski definition) is 2. The number of anilines is 3. The van der Waals surface area contributed by atoms with Gasteiger partial charge in [0.2, 0.25) is 5.56 Å². The third-order valence-corrected chi connectivity index (χ3v) is 7.72. The number of ether oxygens (including phenoxy) is 1. The highest BCUT2D eigenvalue weighted by Gasteiger charge is 2.36. The second kappa shape index (κ2) is 11.7. The smallest absolute Gasteiger partial charge is 0.378 e. The first-order chi connectivity index (χ1) is 19.9. The van der Waals surface area contributed by atoms with Gasteiger partial charge in [0.05, 0.1) is 41.4 Å². The van der Waals surface area contributed by atoms with E-state index in [2.05, 4.69) is 15.2 Å². The molecule has 0 radical (unpaired) electrons. The number of piperazine rings is 1. The fourth-order valence-corrected chi connectivity index (χ4v) is 5.23. The molecular formula is C29H30F5N5O3. The number of carbonyl (C=O) groups excluding carboxylic acids is 1. The van der Waals surface area contributed by atoms with E-state index in [-0.39, 0.29) is 28.5 Å². The van der Waals surface area contributed by atoms with Crippen LogP contribution in [-0.2, 0) is 10.9 Å². The maximum atomic E-state index is 15.7. The molecule has 2 aliphatic rings. The third kappa shape index (κ3) is 6.12. The summed E-state index contributed by atoms with van der Waals surface area (Å²) in [6.45, 7) is 5.46. The van der Waals surface area contributed by atoms with Crippen molar-refractivity contribution in [2.45, 2.75) is 19.1 Å². The molecule has 0 unspecified atom stereocenters. The van der Waals surface area contributed by atoms with E-state index in [0.717, 1.165) is 0 Å². The van der Waals surface area contributed by atoms with E-state index in [4.69, 9.17) is 4.74 Å². The molecule has 3 aromatic rings. The number of alkyl halides is 3. The van der Waals surface area contributed by atoms with Crippen LogP contribution in [0.4, 0.5) is 39.0 Å². The van der Waals surface area contributed by atoms with E-state index < -0.39 is 40.4 Å². The number of benzene rings is 2. The average Bonchev–Trinajstić information content (AvgIpc) is 2.95. The molecular weight excluding hydrogens is 561 g/mol. The Labute approximate surface area is 238 Å². The number of amides is 1. The maximum Gasteiger partial charge on any atom is 0.417 e. The number of pyridine rings is 1. The van der Waals surface area contributed by atoms with Gasteiger partial charge in [-0.05, 0) is 43.8 Å². The zero-order valence-electron chi connectivity index (χ0n) is 23.0. The molecule has 2 aromatic carbocycles. The van der Waals surface area contributed by atoms with E-state index >= 15 is 8.78 Å². The minimum atomic E-state index is -4.97. The summed E-state index contributed by atoms with van der Waals surface area (Å²) < 4.78 is 77.2. The van der Waals surface area contributed by atoms with Crippen LogP contribution in [0.25, 0.3) is 11.1 Å². The fourth-order valence-electron chi connectivity index (χ4n) is 5.23. The molecule has 0 saturated carbocycles. The molecule has 5 rings (SSSR count). The molecule has 224 valence electrons. The average molecular weight is 592 g/mol. The van der Waals surface area contributed by atoms with Crippen LogP contribution < -0.4 is 20.7 Å². The number of aromatic amines is 1. The number of morpholine rings is 1. The van der Waals surface area contributed by atoms with Gasteiger partial charge in [-0.15, -0.1) is 0 Å². The fraction of sp³-hybridized carbons (Fsp3) is 0.379. The summed E-state index contributed by atoms with van der Waals surface area (Å²) in [7, 11) is 1.94. The van der Waals surface area contributed by atoms with Crippen molar-refractivity contribution >= 4 is 23.0 Å². The SMILES string of the molecule is C[C@H]1CN(c2cc(F)c(-c3ccc(N4CCOCC4)c(F)c3)cc2NC(=O)c2c[nH]c(=O)cc2C(F)(F)F)CCN1C. The van der Waals surface area contributed by atoms with Crippen LogP contribution in [0.3, 0.4) is 0 Å². The first kappa shape index (κ1) is 29.5. The predicted octanol–water partition coefficient (Wildman–Crippen LogP) is 4.57. The summed E-state index contributed by atoms with van der Waals surface area (Å²) in [5.41, 5.74) is -2.40. The number of halogens is 5. The summed E-state index contributed by atoms with van der Waals surface area (Å²) in [4.78, 5) is 32.7. The normalized spacial score (nSPS) is 18.3. The Hall–Kier alpha value is -3.97. The van der Waals surface area contributed by atoms with Gasteiger partial charge in [0, 0.05) is 56.6 Å². The van der Waals surface area contributed by atoms with E-state index in [0.29, 0.717) is 63.9 Å². The molecule has 0 aliphatic carbocycles. The van der Waals surface area contributed by atoms with Gasteiger partial charge >= 0.3 is 6.18 Å². The molecule has 3 heterocycles. The summed E-state index contributed by atoms with van der Waals surface area (Å²) >= 11 is 0. The van der Waals surface area contributed by atoms with Crippen molar-refractivity contribution in [3.63, 3.8) is 0 Å². The van der Waals surface area contributed by atoms with Gasteiger partial charge < -0.3 is 29.7 Å². The van der Waals surface area contributed by atoms with Crippen molar-refractivity contribution in [2.75, 3.05) is 68.1 Å². The van der Waals surface area contributed by atoms with Crippen molar-refractivity contribution in [1.29, 1.82) is 0 Å². The van der Waals surface area contributed by atoms with Crippen molar-refractivity contribution in [1.82, 2.24) is 9.88 Å². The van der Waals surface area contributed by atoms with Gasteiger partial charge in [-0.1, -0.05) is 6.07 Å². The molecule has 0 bridgehead atoms. The van der Waals surface area contributed by atoms with E-state index in [1.54, 1.807) is 12.1 Å². The largest absolute Gasteiger partial charge is 0.417 e. The molecule has 1 atom stereocenters. The van der Waals surface area contributed by atoms with E-state index in [1.165, 1.54) is 18.2 Å². The third-order valence-electron chi connectivity index (χ3n) is 7.72. The van der Waals surface area contributed by atoms with Gasteiger partial charge in [-0.25, -0.2) is 8.78 Å². The lowest BCUT2D eigenvalue weighted by atomic mass is 10.0. The number of carbonyl (C=O) groups is 1. The Morgan fingerprint density at radius 1 is 0.976 bits per heavy atom. The zero-order valence-corrected chi connectivity index (χ0v) is 23.0. The molecule has 13 heteroatoms. The molecule has 2 N–H and O–H groups in total. The van der Waals surface area contributed by atoms with E-state index in [9.17, 15) is 22.8 Å². The van der Waals surface area contributed by atoms with Crippen LogP contribution in [0.15, 0.2) is 47.4 Å². The van der Waals surface area contributed by atoms with Gasteiger partial charge in [0.25, 0.3) is 5.91 Å². The standard InChI is InChI=1S/C29H30F5N5O3/c1-17-16-39(6-5-37(17)2)26-14-22(30)19(18-3-4-25(23(31)11-18)38-7-9-42-10-8-38)12-24(26)36-28(41)20-15-35-27(40)13-21(20)29(32,33)34/h3-4,11-15,17H,5-10,16H2,1-2H3,(H,35,40)(H,36,41)/t17-/m0/s1. The molecule has 2 aliphatic heterocycles. The predicted molar refractivity (Wildman–Crippen MR) is 149 cm³/mol. The topological polar surface area (TPSA) is 80.9 Å². The quantitative estimate of drug-likeness (QED) is 0.424. The van der Waals surface area contributed by atoms with Crippen LogP contribution in [0.1, 0.15) is 22.8 Å². The molecule has 2 saturated heterocycles. The summed E-state index contributed by atoms with van der Waals surface area (Å²) in [6.07, 6.45) is -4.27. The van der Waals surface area contributed by atoms with Crippen LogP contribution in [-0.4, -0.2) is 74.8 Å². The van der Waals surface area contributed by atoms with Crippen molar-refractivity contribution in [3.05, 3.63) is 75.7 Å². The van der Waals surface area contributed by atoms with Crippen LogP contribution in [0.2, 0.25) is 0 Å². The lowest BCUT2D eigenvalue weighted by molar-refractivity contribution is -0.138. The number of H-pyrrole nitrogens is 1. The van der Waals surface area contributed by atoms with Crippen molar-refractivity contribution in [2.24, 2.45) is 0 Å². The Kier molecular flexibility index (Phi) is 8.24. The highest BCUT2D eigenvalue weighted by atomic mass is 19.4. The summed E-state index contributed by atoms with van der Waals surface area (Å²) in [5.74, 6) is -2.40. The summed E-state index contributed by atoms with van der Waals surface area (Å²) in [6, 6.07) is 7.17. The molecule has 1 aromatic heterocycles. The highest BCUT2D eigenvalue weighted by Crippen LogP contribution is 2.38. The van der Waals surface area contributed by atoms with Gasteiger partial charge in [0.15, 0.2) is 0 Å². The Morgan fingerprint density at radius 2 is 1.71 bits per heavy atom. The van der Waals surface area contributed by atoms with Crippen molar-refractivity contribution < 1.29 is 31.5 Å². The lowest BCUT2D eigenvalue weighted by Crippen LogP contribution is -2.50. The number of aromatic nitrogens is 1. The number of rotatable bonds is 5. The Bertz CT molecular complexity index is 1540. The molecule has 0 spiro atoms. The van der Waals surface area contributed by atoms with Crippen LogP contribution in [0.5, 0.6) is 0 Å². The maximum absolute atomic E-state index is 15.7. The Balaban J connectivity index is 1.56. The second-order valence-corrected chi connectivity index (χ2v) is 10.5. The molecule has 42 heavy (non-hydrogen) atoms. The monoisotopic (exact) mass is 591 g/mol. The Morgan fingerprint density at radius 3 is 2.38 bits per heavy atom. The first-order valence-corrected chi connectivity index (χ1v) is 13.4. The van der Waals surface area contributed by atoms with Crippen molar-refractivity contribution in [3.8, 4) is 11.1 Å². The zero-order chi connectivity index (χ0) is 30.2. The molecule has 1 amide bonds. The van der Waals surface area contributed by atoms with Crippen LogP contribution >= 0.6 is 0 Å². The minimum Gasteiger partial charge on any atom is -0.378 e. The number of nitrogens with one attached hydrogen (secondary N) is 2. The summed E-state index contributed by atoms with van der Waals surface area (Å²) in [5, 5.41) is 2.50. The molecule has 8 nitrogen and oxygen atoms in total. The highest BCUT2D eigenvalue weighted by molar-refractivity contribution is 6.07. The van der Waals surface area contributed by atoms with Gasteiger partial charge in [0.1, 0.15) is 11.6 Å².